The third-order valence-electron chi connectivity index (χ3n) is 4.05. The van der Waals surface area contributed by atoms with E-state index in [9.17, 15) is 29.4 Å². The molecule has 2 fully saturated rings. The van der Waals surface area contributed by atoms with Crippen molar-refractivity contribution in [3.63, 3.8) is 0 Å². The van der Waals surface area contributed by atoms with Crippen LogP contribution in [0, 0.1) is 0 Å². The predicted octanol–water partition coefficient (Wildman–Crippen LogP) is -1.68. The first kappa shape index (κ1) is 22.4. The number of nitrogens with zero attached hydrogens (tertiary/aromatic N) is 3. The Morgan fingerprint density at radius 2 is 2.07 bits per heavy atom. The average molecular weight is 431 g/mol. The smallest absolute Gasteiger partial charge is 0.427 e. The van der Waals surface area contributed by atoms with E-state index in [-0.39, 0.29) is 23.8 Å². The molecule has 4 atom stereocenters. The van der Waals surface area contributed by atoms with Gasteiger partial charge in [0.05, 0.1) is 18.4 Å². The van der Waals surface area contributed by atoms with Crippen molar-refractivity contribution in [2.45, 2.75) is 37.4 Å². The molecule has 13 nitrogen and oxygen atoms in total. The monoisotopic (exact) mass is 431 g/mol. The predicted molar refractivity (Wildman–Crippen MR) is 100 cm³/mol. The summed E-state index contributed by atoms with van der Waals surface area (Å²) in [6.45, 7) is 3.12. The summed E-state index contributed by atoms with van der Waals surface area (Å²) in [5.41, 5.74) is 1.76. The van der Waals surface area contributed by atoms with Gasteiger partial charge in [0.15, 0.2) is 11.8 Å². The Bertz CT molecular complexity index is 757. The normalized spacial score (nSPS) is 26.8. The van der Waals surface area contributed by atoms with Gasteiger partial charge in [0, 0.05) is 5.75 Å². The van der Waals surface area contributed by atoms with Gasteiger partial charge < -0.3 is 30.0 Å². The Morgan fingerprint density at radius 1 is 1.38 bits per heavy atom. The number of hydrogen-bond donors (Lipinski definition) is 4. The minimum Gasteiger partial charge on any atom is -0.480 e. The first-order valence-corrected chi connectivity index (χ1v) is 9.51. The zero-order valence-corrected chi connectivity index (χ0v) is 16.6. The summed E-state index contributed by atoms with van der Waals surface area (Å²) in [7, 11) is 1.20. The summed E-state index contributed by atoms with van der Waals surface area (Å²) in [5.74, 6) is -2.68. The second-order valence-electron chi connectivity index (χ2n) is 5.92. The van der Waals surface area contributed by atoms with Crippen LogP contribution in [0.1, 0.15) is 13.8 Å². The van der Waals surface area contributed by atoms with Gasteiger partial charge in [0.25, 0.3) is 5.91 Å². The van der Waals surface area contributed by atoms with E-state index >= 15 is 0 Å². The highest BCUT2D eigenvalue weighted by Crippen LogP contribution is 2.38. The molecule has 0 radical (unpaired) electrons. The SMILES string of the molecule is CCOC(=O)NN=C(C)C(=NOC)C(=O)NC1C(=O)N2C(C(=O)O)C(O)CS[C@H]12. The number of fused-ring (bicyclic) bond motifs is 1. The van der Waals surface area contributed by atoms with Gasteiger partial charge in [-0.2, -0.15) is 5.10 Å². The van der Waals surface area contributed by atoms with Crippen LogP contribution in [0.2, 0.25) is 0 Å². The number of aliphatic carboxylic acids is 1. The molecular weight excluding hydrogens is 410 g/mol. The topological polar surface area (TPSA) is 179 Å². The van der Waals surface area contributed by atoms with E-state index in [1.807, 2.05) is 0 Å². The van der Waals surface area contributed by atoms with Crippen LogP contribution in [0.15, 0.2) is 10.3 Å². The third-order valence-corrected chi connectivity index (χ3v) is 5.43. The molecule has 160 valence electrons. The Hall–Kier alpha value is -2.87. The second-order valence-corrected chi connectivity index (χ2v) is 7.07. The zero-order valence-electron chi connectivity index (χ0n) is 15.8. The van der Waals surface area contributed by atoms with E-state index in [1.165, 1.54) is 14.0 Å². The lowest BCUT2D eigenvalue weighted by atomic mass is 9.99. The summed E-state index contributed by atoms with van der Waals surface area (Å²) in [5, 5.41) is 28.1. The number of carbonyl (C=O) groups excluding carboxylic acids is 3. The second kappa shape index (κ2) is 9.56. The number of carbonyl (C=O) groups is 4. The number of rotatable bonds is 7. The lowest BCUT2D eigenvalue weighted by Gasteiger charge is -2.53. The number of hydrogen-bond acceptors (Lipinski definition) is 10. The summed E-state index contributed by atoms with van der Waals surface area (Å²) in [6.07, 6.45) is -2.03. The van der Waals surface area contributed by atoms with Crippen LogP contribution < -0.4 is 10.7 Å². The molecule has 2 rings (SSSR count). The molecule has 2 heterocycles. The van der Waals surface area contributed by atoms with Gasteiger partial charge in [-0.25, -0.2) is 15.0 Å². The number of nitrogens with one attached hydrogen (secondary N) is 2. The molecule has 3 unspecified atom stereocenters. The van der Waals surface area contributed by atoms with Crippen LogP contribution in [0.3, 0.4) is 0 Å². The molecule has 29 heavy (non-hydrogen) atoms. The highest BCUT2D eigenvalue weighted by molar-refractivity contribution is 8.00. The number of carboxylic acid groups (broad SMARTS) is 1. The molecule has 0 saturated carbocycles. The van der Waals surface area contributed by atoms with Gasteiger partial charge in [0.2, 0.25) is 5.91 Å². The van der Waals surface area contributed by atoms with E-state index in [2.05, 4.69) is 30.6 Å². The van der Waals surface area contributed by atoms with Gasteiger partial charge in [-0.15, -0.1) is 11.8 Å². The molecule has 0 bridgehead atoms. The van der Waals surface area contributed by atoms with E-state index in [1.54, 1.807) is 6.92 Å². The number of hydrazone groups is 1. The summed E-state index contributed by atoms with van der Waals surface area (Å²) in [4.78, 5) is 53.2. The van der Waals surface area contributed by atoms with E-state index in [0.717, 1.165) is 16.7 Å². The van der Waals surface area contributed by atoms with E-state index in [0.29, 0.717) is 0 Å². The Kier molecular flexibility index (Phi) is 7.39. The minimum atomic E-state index is -1.37. The van der Waals surface area contributed by atoms with Crippen molar-refractivity contribution in [2.24, 2.45) is 10.3 Å². The first-order chi connectivity index (χ1) is 13.7. The molecule has 3 amide bonds. The molecular formula is C15H21N5O8S. The van der Waals surface area contributed by atoms with Gasteiger partial charge >= 0.3 is 12.1 Å². The number of β-lactam (4-membered cyclic amide) rings is 1. The molecule has 2 aliphatic heterocycles. The quantitative estimate of drug-likeness (QED) is 0.208. The number of thioether (sulfide) groups is 1. The van der Waals surface area contributed by atoms with Crippen LogP contribution in [0.5, 0.6) is 0 Å². The number of oxime groups is 1. The molecule has 14 heteroatoms. The molecule has 2 saturated heterocycles. The largest absolute Gasteiger partial charge is 0.480 e. The molecule has 0 spiro atoms. The van der Waals surface area contributed by atoms with Crippen LogP contribution >= 0.6 is 11.8 Å². The van der Waals surface area contributed by atoms with Crippen LogP contribution in [0.4, 0.5) is 4.79 Å². The fourth-order valence-corrected chi connectivity index (χ4v) is 4.12. The molecule has 0 aromatic heterocycles. The minimum absolute atomic E-state index is 0.0174. The zero-order chi connectivity index (χ0) is 21.7. The van der Waals surface area contributed by atoms with Crippen molar-refractivity contribution < 1.29 is 39.0 Å². The third kappa shape index (κ3) is 4.76. The number of carboxylic acids is 1. The summed E-state index contributed by atoms with van der Waals surface area (Å²) >= 11 is 1.15. The molecule has 0 aromatic carbocycles. The number of ether oxygens (including phenoxy) is 1. The maximum Gasteiger partial charge on any atom is 0.427 e. The fraction of sp³-hybridized carbons (Fsp3) is 0.600. The molecule has 2 aliphatic rings. The van der Waals surface area contributed by atoms with Crippen LogP contribution in [0.25, 0.3) is 0 Å². The average Bonchev–Trinajstić information content (AvgIpc) is 2.67. The van der Waals surface area contributed by atoms with Gasteiger partial charge in [-0.1, -0.05) is 5.16 Å². The summed E-state index contributed by atoms with van der Waals surface area (Å²) in [6, 6.07) is -2.37. The highest BCUT2D eigenvalue weighted by atomic mass is 32.2. The Morgan fingerprint density at radius 3 is 2.66 bits per heavy atom. The van der Waals surface area contributed by atoms with Crippen molar-refractivity contribution in [3.05, 3.63) is 0 Å². The number of aliphatic hydroxyl groups excluding tert-OH is 1. The van der Waals surface area contributed by atoms with Gasteiger partial charge in [-0.05, 0) is 13.8 Å². The highest BCUT2D eigenvalue weighted by Gasteiger charge is 2.57. The lowest BCUT2D eigenvalue weighted by Crippen LogP contribution is -2.77. The lowest BCUT2D eigenvalue weighted by molar-refractivity contribution is -0.167. The van der Waals surface area contributed by atoms with Crippen molar-refractivity contribution in [2.75, 3.05) is 19.5 Å². The van der Waals surface area contributed by atoms with Gasteiger partial charge in [-0.3, -0.25) is 9.59 Å². The van der Waals surface area contributed by atoms with Crippen molar-refractivity contribution >= 4 is 47.1 Å². The van der Waals surface area contributed by atoms with Crippen molar-refractivity contribution in [1.29, 1.82) is 0 Å². The van der Waals surface area contributed by atoms with E-state index in [4.69, 9.17) is 0 Å². The maximum absolute atomic E-state index is 12.6. The Balaban J connectivity index is 2.08. The van der Waals surface area contributed by atoms with Crippen LogP contribution in [-0.4, -0.2) is 93.4 Å². The standard InChI is InChI=1S/C15H21N5O8S/c1-4-28-15(26)18-17-6(2)8(19-27-3)11(22)16-9-12(23)20-10(14(24)25)7(21)5-29-13(9)20/h7,9-10,13,21H,4-5H2,1-3H3,(H,16,22)(H,18,26)(H,24,25)/t7?,9?,10?,13-/m1/s1. The fourth-order valence-electron chi connectivity index (χ4n) is 2.77. The first-order valence-electron chi connectivity index (χ1n) is 8.47. The molecule has 4 N–H and O–H groups in total. The van der Waals surface area contributed by atoms with E-state index < -0.39 is 47.4 Å². The number of aliphatic hydroxyl groups is 1. The van der Waals surface area contributed by atoms with Crippen molar-refractivity contribution in [1.82, 2.24) is 15.6 Å². The number of amides is 3. The molecule has 0 aromatic rings. The van der Waals surface area contributed by atoms with Gasteiger partial charge in [0.1, 0.15) is 18.5 Å². The Labute approximate surface area is 169 Å². The summed E-state index contributed by atoms with van der Waals surface area (Å²) < 4.78 is 4.64. The van der Waals surface area contributed by atoms with Crippen LogP contribution in [-0.2, 0) is 24.0 Å². The van der Waals surface area contributed by atoms with Crippen molar-refractivity contribution in [3.8, 4) is 0 Å². The maximum atomic E-state index is 12.6. The molecule has 0 aliphatic carbocycles.